The van der Waals surface area contributed by atoms with Gasteiger partial charge in [-0.25, -0.2) is 13.8 Å². The third kappa shape index (κ3) is 7.45. The summed E-state index contributed by atoms with van der Waals surface area (Å²) in [6.07, 6.45) is 1.37. The smallest absolute Gasteiger partial charge is 0.264 e. The third-order valence-electron chi connectivity index (χ3n) is 4.98. The number of aryl methyl sites for hydroxylation is 1. The molecule has 37 heavy (non-hydrogen) atoms. The van der Waals surface area contributed by atoms with Gasteiger partial charge in [0.1, 0.15) is 18.0 Å². The van der Waals surface area contributed by atoms with Crippen LogP contribution >= 0.6 is 11.6 Å². The standard InChI is InChI=1S/C25H25ClN4O6S/c1-17-3-10-21(11-4-17)37(33,34)30(19-7-12-23(35-2)22(26)13-19)15-25(32)29-28-14-18-5-8-20(9-6-18)36-16-24(27)31/h3-14H,15-16H2,1-2H3,(H2,27,31)(H,29,32)/b28-14-. The molecule has 0 unspecified atom stereocenters. The molecule has 0 aliphatic carbocycles. The van der Waals surface area contributed by atoms with Gasteiger partial charge in [0.05, 0.1) is 28.9 Å². The molecule has 3 aromatic carbocycles. The number of rotatable bonds is 11. The summed E-state index contributed by atoms with van der Waals surface area (Å²) >= 11 is 6.22. The number of amides is 2. The summed E-state index contributed by atoms with van der Waals surface area (Å²) in [4.78, 5) is 23.5. The molecular weight excluding hydrogens is 520 g/mol. The van der Waals surface area contributed by atoms with E-state index in [0.717, 1.165) is 9.87 Å². The van der Waals surface area contributed by atoms with Crippen molar-refractivity contribution < 1.29 is 27.5 Å². The Hall–Kier alpha value is -4.09. The first-order valence-electron chi connectivity index (χ1n) is 10.9. The van der Waals surface area contributed by atoms with Crippen molar-refractivity contribution in [3.8, 4) is 11.5 Å². The average molecular weight is 545 g/mol. The Morgan fingerprint density at radius 2 is 1.76 bits per heavy atom. The number of carbonyl (C=O) groups excluding carboxylic acids is 2. The van der Waals surface area contributed by atoms with Crippen LogP contribution in [0.1, 0.15) is 11.1 Å². The van der Waals surface area contributed by atoms with Gasteiger partial charge in [-0.3, -0.25) is 13.9 Å². The second kappa shape index (κ2) is 12.2. The van der Waals surface area contributed by atoms with Crippen LogP contribution in [0.5, 0.6) is 11.5 Å². The van der Waals surface area contributed by atoms with Crippen molar-refractivity contribution in [3.05, 3.63) is 82.9 Å². The molecule has 2 amide bonds. The van der Waals surface area contributed by atoms with Crippen LogP contribution in [0, 0.1) is 6.92 Å². The lowest BCUT2D eigenvalue weighted by Gasteiger charge is -2.24. The molecule has 0 spiro atoms. The van der Waals surface area contributed by atoms with E-state index in [9.17, 15) is 18.0 Å². The van der Waals surface area contributed by atoms with E-state index >= 15 is 0 Å². The van der Waals surface area contributed by atoms with E-state index in [2.05, 4.69) is 10.5 Å². The number of hydrogen-bond acceptors (Lipinski definition) is 7. The zero-order valence-corrected chi connectivity index (χ0v) is 21.6. The van der Waals surface area contributed by atoms with Gasteiger partial charge < -0.3 is 15.2 Å². The number of primary amides is 1. The maximum absolute atomic E-state index is 13.5. The number of anilines is 1. The molecule has 0 aliphatic heterocycles. The minimum Gasteiger partial charge on any atom is -0.495 e. The van der Waals surface area contributed by atoms with Crippen molar-refractivity contribution >= 4 is 45.3 Å². The largest absolute Gasteiger partial charge is 0.495 e. The summed E-state index contributed by atoms with van der Waals surface area (Å²) in [6, 6.07) is 17.2. The summed E-state index contributed by atoms with van der Waals surface area (Å²) < 4.78 is 38.2. The molecule has 0 fully saturated rings. The van der Waals surface area contributed by atoms with Crippen LogP contribution in [0.4, 0.5) is 5.69 Å². The lowest BCUT2D eigenvalue weighted by atomic mass is 10.2. The van der Waals surface area contributed by atoms with Crippen LogP contribution < -0.4 is 24.9 Å². The van der Waals surface area contributed by atoms with Crippen molar-refractivity contribution in [2.75, 3.05) is 24.6 Å². The van der Waals surface area contributed by atoms with E-state index in [1.807, 2.05) is 6.92 Å². The number of halogens is 1. The highest BCUT2D eigenvalue weighted by atomic mass is 35.5. The van der Waals surface area contributed by atoms with Crippen molar-refractivity contribution in [2.45, 2.75) is 11.8 Å². The molecule has 3 N–H and O–H groups in total. The number of hydrazone groups is 1. The van der Waals surface area contributed by atoms with Gasteiger partial charge in [-0.2, -0.15) is 5.10 Å². The zero-order valence-electron chi connectivity index (χ0n) is 20.0. The van der Waals surface area contributed by atoms with E-state index in [4.69, 9.17) is 26.8 Å². The van der Waals surface area contributed by atoms with Crippen molar-refractivity contribution in [2.24, 2.45) is 10.8 Å². The highest BCUT2D eigenvalue weighted by Gasteiger charge is 2.27. The highest BCUT2D eigenvalue weighted by molar-refractivity contribution is 7.92. The Bertz CT molecular complexity index is 1390. The molecule has 0 saturated carbocycles. The van der Waals surface area contributed by atoms with Gasteiger partial charge in [-0.15, -0.1) is 0 Å². The van der Waals surface area contributed by atoms with Gasteiger partial charge >= 0.3 is 0 Å². The number of nitrogens with zero attached hydrogens (tertiary/aromatic N) is 2. The van der Waals surface area contributed by atoms with Crippen LogP contribution in [-0.2, 0) is 19.6 Å². The topological polar surface area (TPSA) is 140 Å². The molecule has 3 aromatic rings. The second-order valence-electron chi connectivity index (χ2n) is 7.76. The molecule has 0 bridgehead atoms. The Labute approximate surface area is 219 Å². The molecule has 10 nitrogen and oxygen atoms in total. The van der Waals surface area contributed by atoms with Crippen molar-refractivity contribution in [3.63, 3.8) is 0 Å². The molecular formula is C25H25ClN4O6S. The monoisotopic (exact) mass is 544 g/mol. The van der Waals surface area contributed by atoms with Crippen LogP contribution in [-0.4, -0.2) is 46.7 Å². The maximum atomic E-state index is 13.5. The number of nitrogens with one attached hydrogen (secondary N) is 1. The summed E-state index contributed by atoms with van der Waals surface area (Å²) in [5.41, 5.74) is 9.06. The summed E-state index contributed by atoms with van der Waals surface area (Å²) in [7, 11) is -2.68. The summed E-state index contributed by atoms with van der Waals surface area (Å²) in [5.74, 6) is -0.475. The van der Waals surface area contributed by atoms with Crippen molar-refractivity contribution in [1.82, 2.24) is 5.43 Å². The Morgan fingerprint density at radius 3 is 2.35 bits per heavy atom. The molecule has 0 aromatic heterocycles. The highest BCUT2D eigenvalue weighted by Crippen LogP contribution is 2.32. The number of ether oxygens (including phenoxy) is 2. The van der Waals surface area contributed by atoms with Gasteiger partial charge in [0.2, 0.25) is 0 Å². The fraction of sp³-hybridized carbons (Fsp3) is 0.160. The Kier molecular flexibility index (Phi) is 9.10. The van der Waals surface area contributed by atoms with E-state index in [1.54, 1.807) is 36.4 Å². The fourth-order valence-corrected chi connectivity index (χ4v) is 4.78. The fourth-order valence-electron chi connectivity index (χ4n) is 3.11. The number of methoxy groups -OCH3 is 1. The van der Waals surface area contributed by atoms with Crippen LogP contribution in [0.25, 0.3) is 0 Å². The molecule has 0 heterocycles. The number of benzene rings is 3. The van der Waals surface area contributed by atoms with Gasteiger partial charge in [-0.1, -0.05) is 29.3 Å². The SMILES string of the molecule is COc1ccc(N(CC(=O)N/N=C\c2ccc(OCC(N)=O)cc2)S(=O)(=O)c2ccc(C)cc2)cc1Cl. The Morgan fingerprint density at radius 1 is 1.08 bits per heavy atom. The molecule has 12 heteroatoms. The molecule has 0 atom stereocenters. The third-order valence-corrected chi connectivity index (χ3v) is 7.07. The zero-order chi connectivity index (χ0) is 27.0. The van der Waals surface area contributed by atoms with Gasteiger partial charge in [0.25, 0.3) is 21.8 Å². The first kappa shape index (κ1) is 27.5. The first-order chi connectivity index (χ1) is 17.6. The molecule has 3 rings (SSSR count). The predicted molar refractivity (Wildman–Crippen MR) is 141 cm³/mol. The van der Waals surface area contributed by atoms with Crippen LogP contribution in [0.3, 0.4) is 0 Å². The van der Waals surface area contributed by atoms with Crippen LogP contribution in [0.15, 0.2) is 76.7 Å². The Balaban J connectivity index is 1.78. The predicted octanol–water partition coefficient (Wildman–Crippen LogP) is 2.87. The quantitative estimate of drug-likeness (QED) is 0.281. The maximum Gasteiger partial charge on any atom is 0.264 e. The van der Waals surface area contributed by atoms with Crippen molar-refractivity contribution in [1.29, 1.82) is 0 Å². The molecule has 0 radical (unpaired) electrons. The van der Waals surface area contributed by atoms with Crippen LogP contribution in [0.2, 0.25) is 5.02 Å². The second-order valence-corrected chi connectivity index (χ2v) is 10.0. The molecule has 194 valence electrons. The van der Waals surface area contributed by atoms with Gasteiger partial charge in [-0.05, 0) is 67.1 Å². The normalized spacial score (nSPS) is 11.2. The molecule has 0 aliphatic rings. The minimum atomic E-state index is -4.12. The minimum absolute atomic E-state index is 0.0139. The first-order valence-corrected chi connectivity index (χ1v) is 12.7. The van der Waals surface area contributed by atoms with E-state index < -0.39 is 28.4 Å². The average Bonchev–Trinajstić information content (AvgIpc) is 2.87. The van der Waals surface area contributed by atoms with E-state index in [0.29, 0.717) is 17.1 Å². The summed E-state index contributed by atoms with van der Waals surface area (Å²) in [5, 5.41) is 4.08. The number of carbonyl (C=O) groups is 2. The lowest BCUT2D eigenvalue weighted by Crippen LogP contribution is -2.39. The van der Waals surface area contributed by atoms with Gasteiger partial charge in [0, 0.05) is 0 Å². The van der Waals surface area contributed by atoms with Gasteiger partial charge in [0.15, 0.2) is 6.61 Å². The van der Waals surface area contributed by atoms with E-state index in [1.165, 1.54) is 43.7 Å². The lowest BCUT2D eigenvalue weighted by molar-refractivity contribution is -0.120. The van der Waals surface area contributed by atoms with E-state index in [-0.39, 0.29) is 22.2 Å². The summed E-state index contributed by atoms with van der Waals surface area (Å²) in [6.45, 7) is 1.03. The number of sulfonamides is 1. The molecule has 0 saturated heterocycles. The number of hydrogen-bond donors (Lipinski definition) is 2. The number of nitrogens with two attached hydrogens (primary N) is 1.